The molecule has 1 aromatic rings. The SMILES string of the molecule is CCCCOC(=O)C[C@H](OC(=O)CCC(=O)OC1=CC[C@@]2(O)[C@H]3Cc4ccc(OC)c5c4[C@@]2(CCN3C)[C@H]1O5)C(=O)OCCCC. The van der Waals surface area contributed by atoms with Gasteiger partial charge < -0.3 is 38.4 Å². The summed E-state index contributed by atoms with van der Waals surface area (Å²) >= 11 is 0. The molecule has 12 nitrogen and oxygen atoms in total. The number of nitrogens with zero attached hydrogens (tertiary/aromatic N) is 1. The number of piperidine rings is 1. The van der Waals surface area contributed by atoms with Crippen LogP contribution in [-0.4, -0.2) is 91.7 Å². The Labute approximate surface area is 269 Å². The van der Waals surface area contributed by atoms with E-state index in [1.54, 1.807) is 13.2 Å². The van der Waals surface area contributed by atoms with Crippen LogP contribution in [0.25, 0.3) is 0 Å². The molecule has 1 spiro atoms. The third kappa shape index (κ3) is 6.09. The van der Waals surface area contributed by atoms with Crippen LogP contribution in [0.1, 0.15) is 82.8 Å². The highest BCUT2D eigenvalue weighted by atomic mass is 16.6. The number of methoxy groups -OCH3 is 1. The molecule has 2 aliphatic carbocycles. The molecule has 252 valence electrons. The van der Waals surface area contributed by atoms with Crippen molar-refractivity contribution in [2.45, 2.75) is 107 Å². The Kier molecular flexibility index (Phi) is 10.3. The summed E-state index contributed by atoms with van der Waals surface area (Å²) in [5.74, 6) is -1.68. The predicted molar refractivity (Wildman–Crippen MR) is 163 cm³/mol. The van der Waals surface area contributed by atoms with Crippen LogP contribution in [0, 0.1) is 0 Å². The summed E-state index contributed by atoms with van der Waals surface area (Å²) < 4.78 is 33.5. The third-order valence-electron chi connectivity index (χ3n) is 9.71. The van der Waals surface area contributed by atoms with Gasteiger partial charge in [-0.05, 0) is 57.0 Å². The van der Waals surface area contributed by atoms with Gasteiger partial charge in [-0.15, -0.1) is 0 Å². The van der Waals surface area contributed by atoms with Gasteiger partial charge in [-0.3, -0.25) is 14.4 Å². The van der Waals surface area contributed by atoms with Crippen molar-refractivity contribution in [1.82, 2.24) is 4.90 Å². The van der Waals surface area contributed by atoms with Gasteiger partial charge in [0, 0.05) is 18.0 Å². The van der Waals surface area contributed by atoms with Crippen molar-refractivity contribution in [3.8, 4) is 11.5 Å². The fraction of sp³-hybridized carbons (Fsp3) is 0.647. The Bertz CT molecular complexity index is 1370. The molecular formula is C34H45NO11. The van der Waals surface area contributed by atoms with E-state index in [0.29, 0.717) is 37.2 Å². The van der Waals surface area contributed by atoms with Crippen molar-refractivity contribution in [3.05, 3.63) is 35.1 Å². The molecule has 2 bridgehead atoms. The molecule has 1 fully saturated rings. The number of unbranched alkanes of at least 4 members (excludes halogenated alkanes) is 2. The van der Waals surface area contributed by atoms with E-state index >= 15 is 0 Å². The molecule has 5 atom stereocenters. The van der Waals surface area contributed by atoms with Gasteiger partial charge in [0.15, 0.2) is 17.6 Å². The first-order valence-electron chi connectivity index (χ1n) is 16.3. The molecule has 0 unspecified atom stereocenters. The van der Waals surface area contributed by atoms with E-state index in [1.165, 1.54) is 0 Å². The number of carbonyl (C=O) groups excluding carboxylic acids is 4. The molecule has 0 saturated carbocycles. The van der Waals surface area contributed by atoms with Crippen molar-refractivity contribution in [3.63, 3.8) is 0 Å². The molecule has 12 heteroatoms. The zero-order valence-electron chi connectivity index (χ0n) is 27.1. The second kappa shape index (κ2) is 14.0. The summed E-state index contributed by atoms with van der Waals surface area (Å²) in [7, 11) is 3.58. The first-order valence-corrected chi connectivity index (χ1v) is 16.3. The molecular weight excluding hydrogens is 598 g/mol. The summed E-state index contributed by atoms with van der Waals surface area (Å²) in [6.45, 7) is 4.94. The minimum Gasteiger partial charge on any atom is -0.493 e. The monoisotopic (exact) mass is 643 g/mol. The lowest BCUT2D eigenvalue weighted by molar-refractivity contribution is -0.173. The lowest BCUT2D eigenvalue weighted by atomic mass is 9.50. The van der Waals surface area contributed by atoms with Crippen LogP contribution < -0.4 is 9.47 Å². The number of hydrogen-bond donors (Lipinski definition) is 1. The summed E-state index contributed by atoms with van der Waals surface area (Å²) in [6.07, 6.45) is 2.67. The van der Waals surface area contributed by atoms with E-state index in [0.717, 1.165) is 30.5 Å². The van der Waals surface area contributed by atoms with Crippen molar-refractivity contribution in [2.24, 2.45) is 0 Å². The van der Waals surface area contributed by atoms with Gasteiger partial charge in [0.2, 0.25) is 6.10 Å². The molecule has 1 N–H and O–H groups in total. The number of likely N-dealkylation sites (N-methyl/N-ethyl adjacent to an activating group) is 1. The molecule has 1 aromatic carbocycles. The van der Waals surface area contributed by atoms with E-state index in [-0.39, 0.29) is 44.3 Å². The van der Waals surface area contributed by atoms with Crippen molar-refractivity contribution < 1.29 is 52.7 Å². The number of carbonyl (C=O) groups is 4. The number of aliphatic hydroxyl groups is 1. The average molecular weight is 644 g/mol. The topological polar surface area (TPSA) is 147 Å². The quantitative estimate of drug-likeness (QED) is 0.170. The molecule has 46 heavy (non-hydrogen) atoms. The largest absolute Gasteiger partial charge is 0.493 e. The van der Waals surface area contributed by atoms with Gasteiger partial charge in [0.05, 0.1) is 50.6 Å². The Morgan fingerprint density at radius 1 is 1.04 bits per heavy atom. The highest BCUT2D eigenvalue weighted by Crippen LogP contribution is 2.65. The van der Waals surface area contributed by atoms with Crippen LogP contribution in [0.4, 0.5) is 0 Å². The summed E-state index contributed by atoms with van der Waals surface area (Å²) in [5, 5.41) is 12.3. The Hall–Kier alpha value is -3.64. The van der Waals surface area contributed by atoms with Gasteiger partial charge in [0.25, 0.3) is 0 Å². The van der Waals surface area contributed by atoms with E-state index in [2.05, 4.69) is 4.90 Å². The van der Waals surface area contributed by atoms with Crippen molar-refractivity contribution in [1.29, 1.82) is 0 Å². The van der Waals surface area contributed by atoms with Gasteiger partial charge in [-0.2, -0.15) is 0 Å². The van der Waals surface area contributed by atoms with E-state index < -0.39 is 53.5 Å². The van der Waals surface area contributed by atoms with Gasteiger partial charge in [-0.25, -0.2) is 4.79 Å². The van der Waals surface area contributed by atoms with E-state index in [1.807, 2.05) is 33.0 Å². The number of esters is 4. The molecule has 0 aromatic heterocycles. The van der Waals surface area contributed by atoms with Crippen LogP contribution in [0.3, 0.4) is 0 Å². The second-order valence-corrected chi connectivity index (χ2v) is 12.5. The number of likely N-dealkylation sites (tertiary alicyclic amines) is 1. The standard InChI is InChI=1S/C34H45NO11/c1-5-7-17-42-28(38)20-24(32(39)43-18-8-6-2)45-27(37)12-11-26(36)44-23-13-14-34(40)25-19-21-9-10-22(41-4)30-29(21)33(34,31(23)46-30)15-16-35(25)3/h9-10,13,24-25,31,40H,5-8,11-12,14-20H2,1-4H3/t24-,25+,31-,33-,34+/m0/s1. The third-order valence-corrected chi connectivity index (χ3v) is 9.71. The molecule has 2 aliphatic heterocycles. The molecule has 1 saturated heterocycles. The van der Waals surface area contributed by atoms with Crippen LogP contribution >= 0.6 is 0 Å². The highest BCUT2D eigenvalue weighted by molar-refractivity contribution is 5.85. The second-order valence-electron chi connectivity index (χ2n) is 12.5. The molecule has 5 rings (SSSR count). The van der Waals surface area contributed by atoms with Crippen LogP contribution in [0.15, 0.2) is 24.0 Å². The maximum absolute atomic E-state index is 13.1. The first-order chi connectivity index (χ1) is 22.1. The van der Waals surface area contributed by atoms with Crippen LogP contribution in [-0.2, 0) is 50.0 Å². The summed E-state index contributed by atoms with van der Waals surface area (Å²) in [4.78, 5) is 52.9. The minimum absolute atomic E-state index is 0.129. The Morgan fingerprint density at radius 2 is 1.76 bits per heavy atom. The summed E-state index contributed by atoms with van der Waals surface area (Å²) in [5.41, 5.74) is 0.0148. The summed E-state index contributed by atoms with van der Waals surface area (Å²) in [6, 6.07) is 3.73. The smallest absolute Gasteiger partial charge is 0.348 e. The number of benzene rings is 1. The molecule has 0 amide bonds. The van der Waals surface area contributed by atoms with Crippen molar-refractivity contribution in [2.75, 3.05) is 33.9 Å². The maximum Gasteiger partial charge on any atom is 0.348 e. The fourth-order valence-corrected chi connectivity index (χ4v) is 7.32. The Morgan fingerprint density at radius 3 is 2.48 bits per heavy atom. The molecule has 4 aliphatic rings. The predicted octanol–water partition coefficient (Wildman–Crippen LogP) is 3.28. The minimum atomic E-state index is -1.48. The van der Waals surface area contributed by atoms with Crippen LogP contribution in [0.5, 0.6) is 11.5 Å². The van der Waals surface area contributed by atoms with Gasteiger partial charge >= 0.3 is 23.9 Å². The van der Waals surface area contributed by atoms with Gasteiger partial charge in [-0.1, -0.05) is 32.8 Å². The number of rotatable bonds is 15. The zero-order chi connectivity index (χ0) is 33.1. The highest BCUT2D eigenvalue weighted by Gasteiger charge is 2.72. The lowest BCUT2D eigenvalue weighted by Crippen LogP contribution is -2.74. The normalized spacial score (nSPS) is 26.2. The Balaban J connectivity index is 1.25. The molecule has 2 heterocycles. The first kappa shape index (κ1) is 33.7. The number of hydrogen-bond acceptors (Lipinski definition) is 12. The maximum atomic E-state index is 13.1. The van der Waals surface area contributed by atoms with E-state index in [9.17, 15) is 24.3 Å². The van der Waals surface area contributed by atoms with Crippen LogP contribution in [0.2, 0.25) is 0 Å². The average Bonchev–Trinajstić information content (AvgIpc) is 3.39. The fourth-order valence-electron chi connectivity index (χ4n) is 7.32. The number of ether oxygens (including phenoxy) is 6. The van der Waals surface area contributed by atoms with E-state index in [4.69, 9.17) is 28.4 Å². The lowest BCUT2D eigenvalue weighted by Gasteiger charge is -2.61. The molecule has 0 radical (unpaired) electrons. The van der Waals surface area contributed by atoms with Crippen molar-refractivity contribution >= 4 is 23.9 Å². The zero-order valence-corrected chi connectivity index (χ0v) is 27.1. The van der Waals surface area contributed by atoms with Gasteiger partial charge in [0.1, 0.15) is 5.76 Å².